The Bertz CT molecular complexity index is 2120. The van der Waals surface area contributed by atoms with Crippen molar-refractivity contribution in [1.29, 1.82) is 0 Å². The molecule has 300 valence electrons. The molecule has 2 amide bonds. The Morgan fingerprint density at radius 3 is 1.81 bits per heavy atom. The first-order valence-corrected chi connectivity index (χ1v) is 21.0. The van der Waals surface area contributed by atoms with E-state index in [2.05, 4.69) is 9.97 Å². The predicted molar refractivity (Wildman–Crippen MR) is 226 cm³/mol. The van der Waals surface area contributed by atoms with E-state index in [4.69, 9.17) is 27.9 Å². The zero-order chi connectivity index (χ0) is 40.9. The number of anilines is 2. The van der Waals surface area contributed by atoms with Gasteiger partial charge in [-0.15, -0.1) is 22.7 Å². The van der Waals surface area contributed by atoms with Gasteiger partial charge < -0.3 is 14.9 Å². The molecule has 1 aliphatic heterocycles. The number of halogens is 2. The van der Waals surface area contributed by atoms with Crippen molar-refractivity contribution in [1.82, 2.24) is 9.97 Å². The van der Waals surface area contributed by atoms with Gasteiger partial charge in [0.05, 0.1) is 30.1 Å². The van der Waals surface area contributed by atoms with Crippen LogP contribution in [-0.2, 0) is 30.3 Å². The number of hydrogen-bond acceptors (Lipinski definition) is 9. The minimum atomic E-state index is -0.994. The molecule has 0 saturated carbocycles. The second-order valence-corrected chi connectivity index (χ2v) is 16.0. The third-order valence-electron chi connectivity index (χ3n) is 9.54. The molecule has 2 aromatic heterocycles. The zero-order valence-corrected chi connectivity index (χ0v) is 34.7. The van der Waals surface area contributed by atoms with Crippen molar-refractivity contribution in [2.75, 3.05) is 36.6 Å². The van der Waals surface area contributed by atoms with Gasteiger partial charge in [-0.2, -0.15) is 0 Å². The van der Waals surface area contributed by atoms with Gasteiger partial charge in [-0.1, -0.05) is 89.9 Å². The number of amides is 2. The van der Waals surface area contributed by atoms with Crippen LogP contribution in [-0.4, -0.2) is 70.7 Å². The van der Waals surface area contributed by atoms with Crippen LogP contribution in [0.25, 0.3) is 22.5 Å². The first-order chi connectivity index (χ1) is 27.4. The third-order valence-corrected chi connectivity index (χ3v) is 12.0. The predicted octanol–water partition coefficient (Wildman–Crippen LogP) is 9.48. The van der Waals surface area contributed by atoms with E-state index in [0.717, 1.165) is 29.5 Å². The number of aromatic nitrogens is 2. The normalized spacial score (nSPS) is 13.8. The number of ether oxygens (including phenoxy) is 1. The summed E-state index contributed by atoms with van der Waals surface area (Å²) >= 11 is 15.2. The first kappa shape index (κ1) is 43.5. The minimum Gasteiger partial charge on any atom is -0.481 e. The van der Waals surface area contributed by atoms with E-state index in [9.17, 15) is 29.4 Å². The SMILES string of the molecule is CCN(C(=O)[C@@H](CC(=O)O)Cc1ccccc1)c1nc(-c2ccccc2Cl)cs1.CN(C(=O)C(CC(=O)O)CC1CCOCC1)c1nc(-c2ccccc2Cl)cs1. The van der Waals surface area contributed by atoms with Crippen molar-refractivity contribution in [3.63, 3.8) is 0 Å². The molecular formula is C42H44Cl2N4O7S2. The molecule has 0 bridgehead atoms. The Morgan fingerprint density at radius 1 is 0.754 bits per heavy atom. The summed E-state index contributed by atoms with van der Waals surface area (Å²) < 4.78 is 5.36. The lowest BCUT2D eigenvalue weighted by molar-refractivity contribution is -0.141. The van der Waals surface area contributed by atoms with Gasteiger partial charge >= 0.3 is 11.9 Å². The second kappa shape index (κ2) is 21.2. The van der Waals surface area contributed by atoms with E-state index in [0.29, 0.717) is 70.2 Å². The number of carboxylic acids is 2. The largest absolute Gasteiger partial charge is 0.481 e. The van der Waals surface area contributed by atoms with E-state index in [1.165, 1.54) is 27.6 Å². The molecule has 11 nitrogen and oxygen atoms in total. The lowest BCUT2D eigenvalue weighted by atomic mass is 9.86. The maximum Gasteiger partial charge on any atom is 0.304 e. The lowest BCUT2D eigenvalue weighted by Crippen LogP contribution is -2.38. The van der Waals surface area contributed by atoms with Crippen molar-refractivity contribution in [3.05, 3.63) is 105 Å². The molecule has 1 unspecified atom stereocenters. The molecule has 1 fully saturated rings. The van der Waals surface area contributed by atoms with Crippen LogP contribution in [0.5, 0.6) is 0 Å². The molecule has 2 atom stereocenters. The summed E-state index contributed by atoms with van der Waals surface area (Å²) in [6.07, 6.45) is 2.24. The maximum absolute atomic E-state index is 13.2. The van der Waals surface area contributed by atoms with Crippen molar-refractivity contribution in [2.24, 2.45) is 17.8 Å². The lowest BCUT2D eigenvalue weighted by Gasteiger charge is -2.27. The highest BCUT2D eigenvalue weighted by molar-refractivity contribution is 7.14. The molecule has 1 aliphatic rings. The van der Waals surface area contributed by atoms with Crippen molar-refractivity contribution >= 4 is 79.9 Å². The Labute approximate surface area is 349 Å². The average Bonchev–Trinajstić information content (AvgIpc) is 3.89. The summed E-state index contributed by atoms with van der Waals surface area (Å²) in [5, 5.41) is 24.6. The van der Waals surface area contributed by atoms with Gasteiger partial charge in [0, 0.05) is 64.7 Å². The van der Waals surface area contributed by atoms with Crippen molar-refractivity contribution in [2.45, 2.75) is 45.4 Å². The number of carbonyl (C=O) groups excluding carboxylic acids is 2. The zero-order valence-electron chi connectivity index (χ0n) is 31.6. The summed E-state index contributed by atoms with van der Waals surface area (Å²) in [6, 6.07) is 24.3. The molecule has 6 rings (SSSR count). The van der Waals surface area contributed by atoms with Gasteiger partial charge in [0.2, 0.25) is 11.8 Å². The Kier molecular flexibility index (Phi) is 16.2. The van der Waals surface area contributed by atoms with Crippen LogP contribution in [0, 0.1) is 17.8 Å². The molecule has 57 heavy (non-hydrogen) atoms. The molecule has 5 aromatic rings. The Morgan fingerprint density at radius 2 is 1.26 bits per heavy atom. The smallest absolute Gasteiger partial charge is 0.304 e. The number of aliphatic carboxylic acids is 2. The summed E-state index contributed by atoms with van der Waals surface area (Å²) in [6.45, 7) is 3.60. The van der Waals surface area contributed by atoms with E-state index >= 15 is 0 Å². The summed E-state index contributed by atoms with van der Waals surface area (Å²) in [7, 11) is 1.65. The Hall–Kier alpha value is -4.66. The third kappa shape index (κ3) is 12.2. The average molecular weight is 852 g/mol. The monoisotopic (exact) mass is 850 g/mol. The van der Waals surface area contributed by atoms with Gasteiger partial charge in [-0.05, 0) is 56.2 Å². The van der Waals surface area contributed by atoms with Crippen LogP contribution in [0.2, 0.25) is 10.0 Å². The number of hydrogen-bond donors (Lipinski definition) is 2. The molecule has 15 heteroatoms. The van der Waals surface area contributed by atoms with Gasteiger partial charge in [0.15, 0.2) is 10.3 Å². The summed E-state index contributed by atoms with van der Waals surface area (Å²) in [5.74, 6) is -3.33. The quantitative estimate of drug-likeness (QED) is 0.105. The van der Waals surface area contributed by atoms with Crippen LogP contribution < -0.4 is 9.80 Å². The fourth-order valence-electron chi connectivity index (χ4n) is 6.59. The molecule has 0 radical (unpaired) electrons. The van der Waals surface area contributed by atoms with Crippen LogP contribution >= 0.6 is 45.9 Å². The van der Waals surface area contributed by atoms with Crippen LogP contribution in [0.1, 0.15) is 44.6 Å². The van der Waals surface area contributed by atoms with E-state index in [1.807, 2.05) is 84.4 Å². The minimum absolute atomic E-state index is 0.177. The first-order valence-electron chi connectivity index (χ1n) is 18.5. The van der Waals surface area contributed by atoms with Gasteiger partial charge in [-0.25, -0.2) is 9.97 Å². The number of carbonyl (C=O) groups is 4. The standard InChI is InChI=1S/C22H21ClN2O3S.C20H23ClN2O4S/c1-2-25(22-24-19(14-29-22)17-10-6-7-11-18(17)23)21(28)16(13-20(26)27)12-15-8-4-3-5-9-15;1-23(20-22-17(12-28-20)15-4-2-3-5-16(15)21)19(26)14(11-18(24)25)10-13-6-8-27-9-7-13/h3-11,14,16H,2,12-13H2,1H3,(H,26,27);2-5,12-14H,6-11H2,1H3,(H,24,25)/t16-;/m1./s1. The van der Waals surface area contributed by atoms with Crippen molar-refractivity contribution in [3.8, 4) is 22.5 Å². The van der Waals surface area contributed by atoms with Gasteiger partial charge in [-0.3, -0.25) is 29.0 Å². The van der Waals surface area contributed by atoms with Crippen LogP contribution in [0.4, 0.5) is 10.3 Å². The summed E-state index contributed by atoms with van der Waals surface area (Å²) in [5.41, 5.74) is 3.92. The van der Waals surface area contributed by atoms with E-state index < -0.39 is 23.8 Å². The maximum atomic E-state index is 13.2. The second-order valence-electron chi connectivity index (χ2n) is 13.5. The van der Waals surface area contributed by atoms with Crippen LogP contribution in [0.15, 0.2) is 89.6 Å². The van der Waals surface area contributed by atoms with E-state index in [-0.39, 0.29) is 24.7 Å². The number of rotatable bonds is 15. The number of carboxylic acid groups (broad SMARTS) is 2. The summed E-state index contributed by atoms with van der Waals surface area (Å²) in [4.78, 5) is 61.1. The number of thiazole rings is 2. The molecule has 1 saturated heterocycles. The highest BCUT2D eigenvalue weighted by Gasteiger charge is 2.31. The molecule has 0 spiro atoms. The van der Waals surface area contributed by atoms with E-state index in [1.54, 1.807) is 24.1 Å². The topological polar surface area (TPSA) is 150 Å². The van der Waals surface area contributed by atoms with Crippen molar-refractivity contribution < 1.29 is 34.1 Å². The highest BCUT2D eigenvalue weighted by atomic mass is 35.5. The molecule has 3 heterocycles. The Balaban J connectivity index is 0.000000218. The number of nitrogens with zero attached hydrogens (tertiary/aromatic N) is 4. The van der Waals surface area contributed by atoms with Gasteiger partial charge in [0.1, 0.15) is 0 Å². The fraction of sp³-hybridized carbons (Fsp3) is 0.333. The molecular weight excluding hydrogens is 808 g/mol. The van der Waals surface area contributed by atoms with Crippen LogP contribution in [0.3, 0.4) is 0 Å². The highest BCUT2D eigenvalue weighted by Crippen LogP contribution is 2.35. The molecule has 3 aromatic carbocycles. The fourth-order valence-corrected chi connectivity index (χ4v) is 8.74. The number of benzene rings is 3. The molecule has 0 aliphatic carbocycles. The molecule has 2 N–H and O–H groups in total. The van der Waals surface area contributed by atoms with Gasteiger partial charge in [0.25, 0.3) is 0 Å².